The number of hydrogen-bond acceptors (Lipinski definition) is 4. The van der Waals surface area contributed by atoms with Gasteiger partial charge in [0.25, 0.3) is 0 Å². The molecule has 0 aliphatic rings. The summed E-state index contributed by atoms with van der Waals surface area (Å²) < 4.78 is 16.3. The van der Waals surface area contributed by atoms with Gasteiger partial charge in [0.2, 0.25) is 5.16 Å². The zero-order chi connectivity index (χ0) is 18.1. The largest absolute Gasteiger partial charge is 0.319 e. The van der Waals surface area contributed by atoms with E-state index in [1.54, 1.807) is 12.1 Å². The van der Waals surface area contributed by atoms with Crippen LogP contribution >= 0.6 is 27.7 Å². The van der Waals surface area contributed by atoms with Crippen molar-refractivity contribution in [2.24, 2.45) is 0 Å². The zero-order valence-electron chi connectivity index (χ0n) is 13.7. The van der Waals surface area contributed by atoms with E-state index >= 15 is 0 Å². The number of hydrogen-bond donors (Lipinski definition) is 0. The maximum atomic E-state index is 13.2. The summed E-state index contributed by atoms with van der Waals surface area (Å²) in [6.07, 6.45) is 1.81. The predicted octanol–water partition coefficient (Wildman–Crippen LogP) is 5.21. The number of aromatic nitrogens is 4. The highest BCUT2D eigenvalue weighted by atomic mass is 79.9. The molecule has 0 saturated carbocycles. The van der Waals surface area contributed by atoms with Crippen LogP contribution in [0.2, 0.25) is 0 Å². The number of rotatable bonds is 5. The van der Waals surface area contributed by atoms with E-state index in [1.807, 2.05) is 24.3 Å². The van der Waals surface area contributed by atoms with Crippen molar-refractivity contribution in [3.63, 3.8) is 0 Å². The molecular formula is C19H14BrFN4S. The standard InChI is InChI=1S/C19H14BrFN4S/c1-2-9-26-19-22-18-17(23-24-19)15-10-13(20)5-8-16(15)25(18)11-12-3-6-14(21)7-4-12/h2-8,10H,1,9,11H2. The number of thioether (sulfide) groups is 1. The van der Waals surface area contributed by atoms with Crippen molar-refractivity contribution in [2.45, 2.75) is 11.7 Å². The van der Waals surface area contributed by atoms with Gasteiger partial charge in [0.15, 0.2) is 5.65 Å². The molecule has 4 aromatic rings. The topological polar surface area (TPSA) is 43.6 Å². The molecule has 2 heterocycles. The molecule has 2 aromatic carbocycles. The van der Waals surface area contributed by atoms with E-state index in [0.717, 1.165) is 37.9 Å². The van der Waals surface area contributed by atoms with E-state index in [4.69, 9.17) is 4.98 Å². The summed E-state index contributed by atoms with van der Waals surface area (Å²) in [4.78, 5) is 4.71. The van der Waals surface area contributed by atoms with Crippen molar-refractivity contribution in [1.82, 2.24) is 19.7 Å². The monoisotopic (exact) mass is 428 g/mol. The number of nitrogens with zero attached hydrogens (tertiary/aromatic N) is 4. The third kappa shape index (κ3) is 3.24. The Balaban J connectivity index is 1.90. The molecule has 0 N–H and O–H groups in total. The lowest BCUT2D eigenvalue weighted by Gasteiger charge is -2.07. The van der Waals surface area contributed by atoms with E-state index in [2.05, 4.69) is 37.3 Å². The van der Waals surface area contributed by atoms with Gasteiger partial charge in [-0.15, -0.1) is 16.8 Å². The molecular weight excluding hydrogens is 415 g/mol. The van der Waals surface area contributed by atoms with Gasteiger partial charge >= 0.3 is 0 Å². The fourth-order valence-electron chi connectivity index (χ4n) is 2.84. The van der Waals surface area contributed by atoms with Crippen LogP contribution in [0.5, 0.6) is 0 Å². The summed E-state index contributed by atoms with van der Waals surface area (Å²) in [6, 6.07) is 12.6. The first kappa shape index (κ1) is 17.2. The summed E-state index contributed by atoms with van der Waals surface area (Å²) in [5.41, 5.74) is 3.53. The first-order valence-electron chi connectivity index (χ1n) is 7.96. The Bertz CT molecular complexity index is 1110. The Morgan fingerprint density at radius 2 is 1.96 bits per heavy atom. The van der Waals surface area contributed by atoms with Gasteiger partial charge in [0, 0.05) is 22.2 Å². The molecule has 0 saturated heterocycles. The van der Waals surface area contributed by atoms with Crippen LogP contribution in [-0.4, -0.2) is 25.5 Å². The Morgan fingerprint density at radius 3 is 2.73 bits per heavy atom. The molecule has 26 heavy (non-hydrogen) atoms. The average Bonchev–Trinajstić information content (AvgIpc) is 2.94. The van der Waals surface area contributed by atoms with Gasteiger partial charge in [-0.05, 0) is 35.9 Å². The highest BCUT2D eigenvalue weighted by Crippen LogP contribution is 2.30. The molecule has 0 aliphatic heterocycles. The maximum Gasteiger partial charge on any atom is 0.211 e. The quantitative estimate of drug-likeness (QED) is 0.323. The van der Waals surface area contributed by atoms with Crippen LogP contribution < -0.4 is 0 Å². The minimum absolute atomic E-state index is 0.244. The summed E-state index contributed by atoms with van der Waals surface area (Å²) in [7, 11) is 0. The minimum Gasteiger partial charge on any atom is -0.319 e. The lowest BCUT2D eigenvalue weighted by atomic mass is 10.2. The van der Waals surface area contributed by atoms with Gasteiger partial charge < -0.3 is 4.57 Å². The molecule has 0 atom stereocenters. The smallest absolute Gasteiger partial charge is 0.211 e. The van der Waals surface area contributed by atoms with E-state index in [9.17, 15) is 4.39 Å². The SMILES string of the molecule is C=CCSc1nnc2c3cc(Br)ccc3n(Cc3ccc(F)cc3)c2n1. The molecule has 7 heteroatoms. The van der Waals surface area contributed by atoms with Crippen molar-refractivity contribution in [3.05, 3.63) is 71.0 Å². The average molecular weight is 429 g/mol. The molecule has 4 rings (SSSR count). The van der Waals surface area contributed by atoms with Crippen LogP contribution in [0.3, 0.4) is 0 Å². The van der Waals surface area contributed by atoms with Crippen molar-refractivity contribution >= 4 is 49.8 Å². The van der Waals surface area contributed by atoms with Crippen LogP contribution in [0, 0.1) is 5.82 Å². The summed E-state index contributed by atoms with van der Waals surface area (Å²) in [5, 5.41) is 10.2. The Hall–Kier alpha value is -2.25. The fraction of sp³-hybridized carbons (Fsp3) is 0.105. The Labute approximate surface area is 162 Å². The number of benzene rings is 2. The van der Waals surface area contributed by atoms with E-state index < -0.39 is 0 Å². The van der Waals surface area contributed by atoms with E-state index in [1.165, 1.54) is 23.9 Å². The maximum absolute atomic E-state index is 13.2. The molecule has 0 fully saturated rings. The zero-order valence-corrected chi connectivity index (χ0v) is 16.1. The van der Waals surface area contributed by atoms with Crippen LogP contribution in [-0.2, 0) is 6.54 Å². The Morgan fingerprint density at radius 1 is 1.15 bits per heavy atom. The lowest BCUT2D eigenvalue weighted by Crippen LogP contribution is -2.02. The lowest BCUT2D eigenvalue weighted by molar-refractivity contribution is 0.626. The van der Waals surface area contributed by atoms with Crippen LogP contribution in [0.15, 0.2) is 64.7 Å². The van der Waals surface area contributed by atoms with Gasteiger partial charge in [-0.3, -0.25) is 0 Å². The van der Waals surface area contributed by atoms with E-state index in [0.29, 0.717) is 11.7 Å². The van der Waals surface area contributed by atoms with Gasteiger partial charge in [-0.2, -0.15) is 0 Å². The van der Waals surface area contributed by atoms with Crippen molar-refractivity contribution in [3.8, 4) is 0 Å². The highest BCUT2D eigenvalue weighted by molar-refractivity contribution is 9.10. The second kappa shape index (κ2) is 7.17. The molecule has 2 aromatic heterocycles. The summed E-state index contributed by atoms with van der Waals surface area (Å²) in [6.45, 7) is 4.30. The van der Waals surface area contributed by atoms with Crippen LogP contribution in [0.1, 0.15) is 5.56 Å². The van der Waals surface area contributed by atoms with E-state index in [-0.39, 0.29) is 5.82 Å². The number of halogens is 2. The molecule has 0 aliphatic carbocycles. The van der Waals surface area contributed by atoms with Crippen LogP contribution in [0.4, 0.5) is 4.39 Å². The van der Waals surface area contributed by atoms with Crippen molar-refractivity contribution in [1.29, 1.82) is 0 Å². The molecule has 0 unspecified atom stereocenters. The van der Waals surface area contributed by atoms with Gasteiger partial charge in [-0.1, -0.05) is 45.9 Å². The summed E-state index contributed by atoms with van der Waals surface area (Å²) in [5.74, 6) is 0.476. The van der Waals surface area contributed by atoms with Crippen LogP contribution in [0.25, 0.3) is 22.1 Å². The van der Waals surface area contributed by atoms with Gasteiger partial charge in [-0.25, -0.2) is 9.37 Å². The third-order valence-corrected chi connectivity index (χ3v) is 5.32. The second-order valence-electron chi connectivity index (χ2n) is 5.74. The first-order chi connectivity index (χ1) is 12.7. The van der Waals surface area contributed by atoms with Crippen molar-refractivity contribution < 1.29 is 4.39 Å². The first-order valence-corrected chi connectivity index (χ1v) is 9.74. The Kier molecular flexibility index (Phi) is 4.74. The van der Waals surface area contributed by atoms with Gasteiger partial charge in [0.05, 0.1) is 5.52 Å². The molecule has 130 valence electrons. The molecule has 0 radical (unpaired) electrons. The highest BCUT2D eigenvalue weighted by Gasteiger charge is 2.15. The molecule has 0 bridgehead atoms. The normalized spacial score (nSPS) is 11.3. The molecule has 0 amide bonds. The molecule has 4 nitrogen and oxygen atoms in total. The van der Waals surface area contributed by atoms with Gasteiger partial charge in [0.1, 0.15) is 11.3 Å². The third-order valence-electron chi connectivity index (χ3n) is 3.99. The summed E-state index contributed by atoms with van der Waals surface area (Å²) >= 11 is 5.01. The predicted molar refractivity (Wildman–Crippen MR) is 107 cm³/mol. The molecule has 0 spiro atoms. The fourth-order valence-corrected chi connectivity index (χ4v) is 3.72. The minimum atomic E-state index is -0.244. The number of fused-ring (bicyclic) bond motifs is 3. The second-order valence-corrected chi connectivity index (χ2v) is 7.64. The van der Waals surface area contributed by atoms with Crippen molar-refractivity contribution in [2.75, 3.05) is 5.75 Å².